The summed E-state index contributed by atoms with van der Waals surface area (Å²) in [5, 5.41) is 2.75. The zero-order chi connectivity index (χ0) is 13.8. The molecule has 0 saturated heterocycles. The number of hydrogen-bond donors (Lipinski definition) is 2. The van der Waals surface area contributed by atoms with Gasteiger partial charge >= 0.3 is 0 Å². The average Bonchev–Trinajstić information content (AvgIpc) is 2.29. The van der Waals surface area contributed by atoms with Gasteiger partial charge in [0.25, 0.3) is 0 Å². The van der Waals surface area contributed by atoms with E-state index in [9.17, 15) is 9.59 Å². The minimum absolute atomic E-state index is 0.0323. The number of anilines is 1. The molecule has 1 amide bonds. The predicted molar refractivity (Wildman–Crippen MR) is 72.6 cm³/mol. The molecule has 0 aliphatic carbocycles. The van der Waals surface area contributed by atoms with E-state index in [0.717, 1.165) is 6.42 Å². The van der Waals surface area contributed by atoms with E-state index < -0.39 is 5.54 Å². The molecule has 1 unspecified atom stereocenters. The second-order valence-corrected chi connectivity index (χ2v) is 4.76. The highest BCUT2D eigenvalue weighted by Gasteiger charge is 2.27. The maximum absolute atomic E-state index is 12.0. The molecule has 0 aromatic heterocycles. The highest BCUT2D eigenvalue weighted by Crippen LogP contribution is 2.15. The maximum Gasteiger partial charge on any atom is 0.244 e. The van der Waals surface area contributed by atoms with Crippen molar-refractivity contribution in [2.24, 2.45) is 5.73 Å². The molecule has 0 aliphatic heterocycles. The Morgan fingerprint density at radius 1 is 1.39 bits per heavy atom. The van der Waals surface area contributed by atoms with Gasteiger partial charge in [0.05, 0.1) is 5.54 Å². The van der Waals surface area contributed by atoms with Crippen LogP contribution in [0.3, 0.4) is 0 Å². The molecule has 0 spiro atoms. The van der Waals surface area contributed by atoms with E-state index in [2.05, 4.69) is 5.32 Å². The Balaban J connectivity index is 2.82. The van der Waals surface area contributed by atoms with Gasteiger partial charge in [-0.25, -0.2) is 0 Å². The van der Waals surface area contributed by atoms with Crippen LogP contribution in [0.5, 0.6) is 0 Å². The first-order valence-electron chi connectivity index (χ1n) is 6.08. The van der Waals surface area contributed by atoms with E-state index in [1.165, 1.54) is 6.92 Å². The molecule has 0 bridgehead atoms. The molecule has 0 saturated carbocycles. The van der Waals surface area contributed by atoms with Crippen molar-refractivity contribution in [2.75, 3.05) is 5.32 Å². The molecule has 0 aliphatic rings. The van der Waals surface area contributed by atoms with E-state index in [-0.39, 0.29) is 11.7 Å². The average molecular weight is 248 g/mol. The van der Waals surface area contributed by atoms with Gasteiger partial charge in [-0.1, -0.05) is 25.5 Å². The van der Waals surface area contributed by atoms with Gasteiger partial charge in [0.2, 0.25) is 5.91 Å². The number of carbonyl (C=O) groups is 2. The first-order chi connectivity index (χ1) is 8.36. The molecule has 0 fully saturated rings. The fourth-order valence-electron chi connectivity index (χ4n) is 1.72. The summed E-state index contributed by atoms with van der Waals surface area (Å²) in [5.41, 5.74) is 6.22. The fourth-order valence-corrected chi connectivity index (χ4v) is 1.72. The molecule has 1 aromatic carbocycles. The Kier molecular flexibility index (Phi) is 4.62. The first-order valence-corrected chi connectivity index (χ1v) is 6.08. The summed E-state index contributed by atoms with van der Waals surface area (Å²) in [7, 11) is 0. The summed E-state index contributed by atoms with van der Waals surface area (Å²) in [6.07, 6.45) is 1.46. The number of hydrogen-bond acceptors (Lipinski definition) is 3. The van der Waals surface area contributed by atoms with Crippen LogP contribution in [0.1, 0.15) is 44.0 Å². The van der Waals surface area contributed by atoms with Crippen molar-refractivity contribution < 1.29 is 9.59 Å². The molecule has 1 atom stereocenters. The van der Waals surface area contributed by atoms with Crippen molar-refractivity contribution in [3.8, 4) is 0 Å². The minimum Gasteiger partial charge on any atom is -0.324 e. The molecule has 4 heteroatoms. The third-order valence-corrected chi connectivity index (χ3v) is 2.82. The predicted octanol–water partition coefficient (Wildman–Crippen LogP) is 2.35. The Hall–Kier alpha value is -1.68. The van der Waals surface area contributed by atoms with Crippen LogP contribution in [0, 0.1) is 0 Å². The summed E-state index contributed by atoms with van der Waals surface area (Å²) in [6.45, 7) is 5.18. The quantitative estimate of drug-likeness (QED) is 0.786. The maximum atomic E-state index is 12.0. The van der Waals surface area contributed by atoms with Crippen LogP contribution >= 0.6 is 0 Å². The van der Waals surface area contributed by atoms with Crippen LogP contribution in [0.4, 0.5) is 5.69 Å². The van der Waals surface area contributed by atoms with E-state index in [1.54, 1.807) is 31.2 Å². The third-order valence-electron chi connectivity index (χ3n) is 2.82. The van der Waals surface area contributed by atoms with Gasteiger partial charge < -0.3 is 11.1 Å². The smallest absolute Gasteiger partial charge is 0.244 e. The molecule has 0 radical (unpaired) electrons. The van der Waals surface area contributed by atoms with Crippen molar-refractivity contribution in [3.63, 3.8) is 0 Å². The Bertz CT molecular complexity index is 453. The van der Waals surface area contributed by atoms with Crippen molar-refractivity contribution in [3.05, 3.63) is 29.8 Å². The van der Waals surface area contributed by atoms with Crippen molar-refractivity contribution >= 4 is 17.4 Å². The lowest BCUT2D eigenvalue weighted by Crippen LogP contribution is -2.48. The molecule has 4 nitrogen and oxygen atoms in total. The summed E-state index contributed by atoms with van der Waals surface area (Å²) in [5.74, 6) is -0.264. The van der Waals surface area contributed by atoms with Gasteiger partial charge in [0.1, 0.15) is 0 Å². The lowest BCUT2D eigenvalue weighted by molar-refractivity contribution is -0.120. The lowest BCUT2D eigenvalue weighted by Gasteiger charge is -2.22. The number of nitrogens with one attached hydrogen (secondary N) is 1. The lowest BCUT2D eigenvalue weighted by atomic mass is 9.96. The van der Waals surface area contributed by atoms with Gasteiger partial charge in [-0.3, -0.25) is 9.59 Å². The molecular formula is C14H20N2O2. The van der Waals surface area contributed by atoms with Crippen LogP contribution in [0.15, 0.2) is 24.3 Å². The number of amides is 1. The zero-order valence-corrected chi connectivity index (χ0v) is 11.1. The van der Waals surface area contributed by atoms with Crippen LogP contribution in [-0.4, -0.2) is 17.2 Å². The van der Waals surface area contributed by atoms with Crippen molar-refractivity contribution in [2.45, 2.75) is 39.2 Å². The van der Waals surface area contributed by atoms with Gasteiger partial charge in [-0.15, -0.1) is 0 Å². The monoisotopic (exact) mass is 248 g/mol. The van der Waals surface area contributed by atoms with E-state index in [4.69, 9.17) is 5.73 Å². The molecule has 1 rings (SSSR count). The summed E-state index contributed by atoms with van der Waals surface area (Å²) in [6, 6.07) is 6.85. The first kappa shape index (κ1) is 14.4. The standard InChI is InChI=1S/C14H20N2O2/c1-4-8-14(3,15)13(18)16-12-7-5-6-11(9-12)10(2)17/h5-7,9H,4,8,15H2,1-3H3,(H,16,18). The minimum atomic E-state index is -0.888. The Morgan fingerprint density at radius 3 is 2.61 bits per heavy atom. The summed E-state index contributed by atoms with van der Waals surface area (Å²) < 4.78 is 0. The van der Waals surface area contributed by atoms with Crippen LogP contribution < -0.4 is 11.1 Å². The normalized spacial score (nSPS) is 13.8. The number of Topliss-reactive ketones (excluding diaryl/α,β-unsaturated/α-hetero) is 1. The molecule has 18 heavy (non-hydrogen) atoms. The fraction of sp³-hybridized carbons (Fsp3) is 0.429. The number of ketones is 1. The highest BCUT2D eigenvalue weighted by molar-refractivity contribution is 5.99. The summed E-state index contributed by atoms with van der Waals surface area (Å²) >= 11 is 0. The van der Waals surface area contributed by atoms with Crippen LogP contribution in [0.25, 0.3) is 0 Å². The molecular weight excluding hydrogens is 228 g/mol. The number of carbonyl (C=O) groups excluding carboxylic acids is 2. The van der Waals surface area contributed by atoms with E-state index >= 15 is 0 Å². The van der Waals surface area contributed by atoms with Crippen LogP contribution in [-0.2, 0) is 4.79 Å². The van der Waals surface area contributed by atoms with E-state index in [0.29, 0.717) is 17.7 Å². The van der Waals surface area contributed by atoms with Gasteiger partial charge in [0.15, 0.2) is 5.78 Å². The second kappa shape index (κ2) is 5.78. The number of rotatable bonds is 5. The topological polar surface area (TPSA) is 72.2 Å². The number of benzene rings is 1. The molecule has 98 valence electrons. The third kappa shape index (κ3) is 3.67. The summed E-state index contributed by atoms with van der Waals surface area (Å²) in [4.78, 5) is 23.2. The van der Waals surface area contributed by atoms with Crippen molar-refractivity contribution in [1.29, 1.82) is 0 Å². The Labute approximate surface area is 108 Å². The van der Waals surface area contributed by atoms with Crippen LogP contribution in [0.2, 0.25) is 0 Å². The zero-order valence-electron chi connectivity index (χ0n) is 11.1. The van der Waals surface area contributed by atoms with E-state index in [1.807, 2.05) is 6.92 Å². The largest absolute Gasteiger partial charge is 0.324 e. The SMILES string of the molecule is CCCC(C)(N)C(=O)Nc1cccc(C(C)=O)c1. The van der Waals surface area contributed by atoms with Gasteiger partial charge in [-0.05, 0) is 32.4 Å². The molecule has 0 heterocycles. The number of nitrogens with two attached hydrogens (primary N) is 1. The van der Waals surface area contributed by atoms with Crippen molar-refractivity contribution in [1.82, 2.24) is 0 Å². The molecule has 3 N–H and O–H groups in total. The second-order valence-electron chi connectivity index (χ2n) is 4.76. The Morgan fingerprint density at radius 2 is 2.06 bits per heavy atom. The highest BCUT2D eigenvalue weighted by atomic mass is 16.2. The van der Waals surface area contributed by atoms with Gasteiger partial charge in [0, 0.05) is 11.3 Å². The van der Waals surface area contributed by atoms with Gasteiger partial charge in [-0.2, -0.15) is 0 Å². The molecule has 1 aromatic rings.